The molecule has 11 nitrogen and oxygen atoms in total. The standard InChI is InChI=1S/C31H25N3O8/c1-18-11-12-25-26(13-18)30(38)33(29(25)37)23-9-4-6-20(16-23)28(36)32-22-8-2-7-21(14-22)31(39)42-17-27(35)19-5-3-10-24(15-19)34(40)41/h2-11,14-16,25-26H,12-13,17H2,1H3,(H,32,36)/t25-,26+/m1/s1. The number of nitrogens with one attached hydrogen (secondary N) is 1. The van der Waals surface area contributed by atoms with Gasteiger partial charge < -0.3 is 10.1 Å². The molecule has 1 saturated heterocycles. The van der Waals surface area contributed by atoms with Crippen molar-refractivity contribution in [3.05, 3.63) is 111 Å². The molecule has 0 bridgehead atoms. The number of nitro benzene ring substituents is 1. The summed E-state index contributed by atoms with van der Waals surface area (Å²) in [6.45, 7) is 1.31. The molecule has 0 radical (unpaired) electrons. The van der Waals surface area contributed by atoms with Crippen LogP contribution in [0.25, 0.3) is 0 Å². The molecule has 11 heteroatoms. The van der Waals surface area contributed by atoms with Crippen molar-refractivity contribution in [2.24, 2.45) is 11.8 Å². The van der Waals surface area contributed by atoms with Gasteiger partial charge in [-0.1, -0.05) is 35.9 Å². The highest BCUT2D eigenvalue weighted by Crippen LogP contribution is 2.39. The largest absolute Gasteiger partial charge is 0.454 e. The van der Waals surface area contributed by atoms with Gasteiger partial charge in [0, 0.05) is 28.9 Å². The average molecular weight is 568 g/mol. The van der Waals surface area contributed by atoms with Gasteiger partial charge in [0.05, 0.1) is 28.0 Å². The molecule has 1 fully saturated rings. The fraction of sp³-hybridized carbons (Fsp3) is 0.194. The van der Waals surface area contributed by atoms with Gasteiger partial charge in [-0.15, -0.1) is 0 Å². The van der Waals surface area contributed by atoms with Gasteiger partial charge in [0.15, 0.2) is 6.61 Å². The van der Waals surface area contributed by atoms with Crippen LogP contribution >= 0.6 is 0 Å². The number of hydrogen-bond acceptors (Lipinski definition) is 8. The molecule has 3 amide bonds. The third kappa shape index (κ3) is 5.71. The number of hydrogen-bond donors (Lipinski definition) is 1. The monoisotopic (exact) mass is 567 g/mol. The molecular formula is C31H25N3O8. The summed E-state index contributed by atoms with van der Waals surface area (Å²) in [7, 11) is 0. The van der Waals surface area contributed by atoms with E-state index in [9.17, 15) is 34.1 Å². The minimum atomic E-state index is -0.830. The Morgan fingerprint density at radius 2 is 1.62 bits per heavy atom. The lowest BCUT2D eigenvalue weighted by Gasteiger charge is -2.18. The Kier molecular flexibility index (Phi) is 7.74. The second kappa shape index (κ2) is 11.6. The quantitative estimate of drug-likeness (QED) is 0.102. The zero-order valence-corrected chi connectivity index (χ0v) is 22.4. The van der Waals surface area contributed by atoms with Crippen LogP contribution in [0.3, 0.4) is 0 Å². The van der Waals surface area contributed by atoms with Gasteiger partial charge in [0.1, 0.15) is 0 Å². The molecule has 212 valence electrons. The van der Waals surface area contributed by atoms with Crippen molar-refractivity contribution in [1.29, 1.82) is 0 Å². The highest BCUT2D eigenvalue weighted by Gasteiger charge is 2.48. The molecule has 1 aliphatic heterocycles. The summed E-state index contributed by atoms with van der Waals surface area (Å²) in [5, 5.41) is 13.6. The maximum Gasteiger partial charge on any atom is 0.338 e. The van der Waals surface area contributed by atoms with Crippen molar-refractivity contribution < 1.29 is 33.6 Å². The number of fused-ring (bicyclic) bond motifs is 1. The fourth-order valence-electron chi connectivity index (χ4n) is 5.10. The van der Waals surface area contributed by atoms with Crippen molar-refractivity contribution in [1.82, 2.24) is 0 Å². The smallest absolute Gasteiger partial charge is 0.338 e. The second-order valence-corrected chi connectivity index (χ2v) is 10.1. The number of non-ortho nitro benzene ring substituents is 1. The van der Waals surface area contributed by atoms with Crippen LogP contribution in [0.5, 0.6) is 0 Å². The average Bonchev–Trinajstić information content (AvgIpc) is 3.24. The summed E-state index contributed by atoms with van der Waals surface area (Å²) < 4.78 is 5.08. The number of carbonyl (C=O) groups is 5. The Morgan fingerprint density at radius 1 is 0.929 bits per heavy atom. The minimum Gasteiger partial charge on any atom is -0.454 e. The van der Waals surface area contributed by atoms with Crippen LogP contribution in [0.15, 0.2) is 84.4 Å². The molecule has 2 aliphatic rings. The minimum absolute atomic E-state index is 0.0307. The number of rotatable bonds is 8. The van der Waals surface area contributed by atoms with E-state index in [0.29, 0.717) is 18.5 Å². The number of benzene rings is 3. The van der Waals surface area contributed by atoms with E-state index < -0.39 is 41.0 Å². The second-order valence-electron chi connectivity index (χ2n) is 10.1. The van der Waals surface area contributed by atoms with Gasteiger partial charge >= 0.3 is 5.97 Å². The molecule has 2 atom stereocenters. The Labute approximate surface area is 239 Å². The number of nitrogens with zero attached hydrogens (tertiary/aromatic N) is 2. The van der Waals surface area contributed by atoms with Crippen LogP contribution in [-0.4, -0.2) is 41.0 Å². The number of Topliss-reactive ketones (excluding diaryl/α,β-unsaturated/α-hetero) is 1. The van der Waals surface area contributed by atoms with E-state index in [0.717, 1.165) is 16.5 Å². The van der Waals surface area contributed by atoms with Crippen LogP contribution < -0.4 is 10.2 Å². The summed E-state index contributed by atoms with van der Waals surface area (Å²) in [5.41, 5.74) is 1.70. The molecule has 0 aromatic heterocycles. The highest BCUT2D eigenvalue weighted by atomic mass is 16.6. The number of ketones is 1. The molecule has 1 aliphatic carbocycles. The van der Waals surface area contributed by atoms with Crippen molar-refractivity contribution in [3.63, 3.8) is 0 Å². The maximum atomic E-state index is 13.1. The number of nitro groups is 1. The van der Waals surface area contributed by atoms with Crippen LogP contribution in [0.1, 0.15) is 50.8 Å². The van der Waals surface area contributed by atoms with E-state index in [1.54, 1.807) is 24.3 Å². The van der Waals surface area contributed by atoms with E-state index in [1.807, 2.05) is 13.0 Å². The lowest BCUT2D eigenvalue weighted by molar-refractivity contribution is -0.384. The molecule has 42 heavy (non-hydrogen) atoms. The molecule has 0 saturated carbocycles. The van der Waals surface area contributed by atoms with Gasteiger partial charge in [-0.2, -0.15) is 0 Å². The third-order valence-corrected chi connectivity index (χ3v) is 7.26. The first-order valence-electron chi connectivity index (χ1n) is 13.1. The van der Waals surface area contributed by atoms with Crippen molar-refractivity contribution in [3.8, 4) is 0 Å². The number of ether oxygens (including phenoxy) is 1. The fourth-order valence-corrected chi connectivity index (χ4v) is 5.10. The molecule has 3 aromatic carbocycles. The number of esters is 1. The highest BCUT2D eigenvalue weighted by molar-refractivity contribution is 6.22. The summed E-state index contributed by atoms with van der Waals surface area (Å²) >= 11 is 0. The van der Waals surface area contributed by atoms with Gasteiger partial charge in [-0.3, -0.25) is 34.2 Å². The van der Waals surface area contributed by atoms with Crippen LogP contribution in [0, 0.1) is 22.0 Å². The van der Waals surface area contributed by atoms with E-state index in [-0.39, 0.29) is 39.9 Å². The van der Waals surface area contributed by atoms with Gasteiger partial charge in [-0.25, -0.2) is 4.79 Å². The first kappa shape index (κ1) is 28.1. The Morgan fingerprint density at radius 3 is 2.40 bits per heavy atom. The molecule has 3 aromatic rings. The lowest BCUT2D eigenvalue weighted by atomic mass is 9.82. The third-order valence-electron chi connectivity index (χ3n) is 7.26. The van der Waals surface area contributed by atoms with Gasteiger partial charge in [-0.05, 0) is 56.2 Å². The number of amides is 3. The molecule has 1 heterocycles. The van der Waals surface area contributed by atoms with Crippen molar-refractivity contribution in [2.45, 2.75) is 19.8 Å². The predicted octanol–water partition coefficient (Wildman–Crippen LogP) is 4.73. The number of anilines is 2. The predicted molar refractivity (Wildman–Crippen MR) is 151 cm³/mol. The van der Waals surface area contributed by atoms with E-state index in [1.165, 1.54) is 42.5 Å². The Bertz CT molecular complexity index is 1680. The summed E-state index contributed by atoms with van der Waals surface area (Å²) in [4.78, 5) is 75.6. The summed E-state index contributed by atoms with van der Waals surface area (Å²) in [6.07, 6.45) is 3.03. The molecule has 0 spiro atoms. The molecule has 0 unspecified atom stereocenters. The zero-order valence-electron chi connectivity index (χ0n) is 22.4. The van der Waals surface area contributed by atoms with E-state index >= 15 is 0 Å². The SMILES string of the molecule is CC1=CC[C@H]2C(=O)N(c3cccc(C(=O)Nc4cccc(C(=O)OCC(=O)c5cccc([N+](=O)[O-])c5)c4)c3)C(=O)[C@H]2C1. The molecule has 1 N–H and O–H groups in total. The van der Waals surface area contributed by atoms with Crippen LogP contribution in [0.2, 0.25) is 0 Å². The topological polar surface area (TPSA) is 153 Å². The summed E-state index contributed by atoms with van der Waals surface area (Å²) in [5.74, 6) is -3.32. The first-order valence-corrected chi connectivity index (χ1v) is 13.1. The number of imide groups is 1. The number of allylic oxidation sites excluding steroid dienone is 2. The van der Waals surface area contributed by atoms with Gasteiger partial charge in [0.25, 0.3) is 11.6 Å². The van der Waals surface area contributed by atoms with E-state index in [4.69, 9.17) is 4.74 Å². The normalized spacial score (nSPS) is 17.7. The van der Waals surface area contributed by atoms with Crippen molar-refractivity contribution >= 4 is 46.5 Å². The lowest BCUT2D eigenvalue weighted by Crippen LogP contribution is -2.31. The maximum absolute atomic E-state index is 13.1. The van der Waals surface area contributed by atoms with Gasteiger partial charge in [0.2, 0.25) is 17.6 Å². The summed E-state index contributed by atoms with van der Waals surface area (Å²) in [6, 6.07) is 17.2. The Hall–Kier alpha value is -5.45. The first-order chi connectivity index (χ1) is 20.1. The van der Waals surface area contributed by atoms with Crippen molar-refractivity contribution in [2.75, 3.05) is 16.8 Å². The Balaban J connectivity index is 1.24. The van der Waals surface area contributed by atoms with Crippen LogP contribution in [-0.2, 0) is 14.3 Å². The molecular weight excluding hydrogens is 542 g/mol. The molecule has 5 rings (SSSR count). The zero-order chi connectivity index (χ0) is 30.0. The van der Waals surface area contributed by atoms with Crippen LogP contribution in [0.4, 0.5) is 17.1 Å². The number of carbonyl (C=O) groups excluding carboxylic acids is 5. The van der Waals surface area contributed by atoms with E-state index in [2.05, 4.69) is 5.32 Å².